The van der Waals surface area contributed by atoms with E-state index in [-0.39, 0.29) is 18.6 Å². The molecule has 0 aliphatic carbocycles. The first-order chi connectivity index (χ1) is 9.20. The van der Waals surface area contributed by atoms with E-state index >= 15 is 0 Å². The van der Waals surface area contributed by atoms with Gasteiger partial charge in [0.2, 0.25) is 5.91 Å². The molecule has 0 saturated carbocycles. The van der Waals surface area contributed by atoms with Gasteiger partial charge in [-0.3, -0.25) is 9.48 Å². The van der Waals surface area contributed by atoms with E-state index in [1.54, 1.807) is 6.20 Å². The third-order valence-corrected chi connectivity index (χ3v) is 3.78. The van der Waals surface area contributed by atoms with E-state index in [2.05, 4.69) is 12.0 Å². The summed E-state index contributed by atoms with van der Waals surface area (Å²) in [5.41, 5.74) is 0. The van der Waals surface area contributed by atoms with E-state index < -0.39 is 0 Å². The minimum atomic E-state index is 0.110. The topological polar surface area (TPSA) is 47.4 Å². The van der Waals surface area contributed by atoms with Crippen molar-refractivity contribution in [2.24, 2.45) is 0 Å². The average molecular weight is 265 g/mol. The Balaban J connectivity index is 1.75. The minimum absolute atomic E-state index is 0.110. The third kappa shape index (κ3) is 3.80. The number of likely N-dealkylation sites (tertiary alicyclic amines) is 1. The lowest BCUT2D eigenvalue weighted by Crippen LogP contribution is -2.41. The molecule has 106 valence electrons. The first-order valence-electron chi connectivity index (χ1n) is 7.09. The molecule has 19 heavy (non-hydrogen) atoms. The highest BCUT2D eigenvalue weighted by Crippen LogP contribution is 2.21. The van der Waals surface area contributed by atoms with Crippen LogP contribution in [0.4, 0.5) is 0 Å². The zero-order valence-corrected chi connectivity index (χ0v) is 11.8. The summed E-state index contributed by atoms with van der Waals surface area (Å²) in [5.74, 6) is 0.110. The van der Waals surface area contributed by atoms with E-state index in [1.807, 2.05) is 28.8 Å². The van der Waals surface area contributed by atoms with Crippen LogP contribution in [0.3, 0.4) is 0 Å². The Morgan fingerprint density at radius 2 is 2.21 bits per heavy atom. The molecule has 1 aliphatic heterocycles. The van der Waals surface area contributed by atoms with Gasteiger partial charge in [0, 0.05) is 25.5 Å². The fraction of sp³-hybridized carbons (Fsp3) is 0.714. The number of rotatable bonds is 5. The van der Waals surface area contributed by atoms with Crippen LogP contribution in [-0.2, 0) is 9.53 Å². The smallest absolute Gasteiger partial charge is 0.248 e. The summed E-state index contributed by atoms with van der Waals surface area (Å²) < 4.78 is 7.49. The van der Waals surface area contributed by atoms with Crippen molar-refractivity contribution in [2.45, 2.75) is 45.3 Å². The normalized spacial score (nSPS) is 18.5. The van der Waals surface area contributed by atoms with Crippen LogP contribution in [0, 0.1) is 0 Å². The molecule has 2 rings (SSSR count). The highest BCUT2D eigenvalue weighted by Gasteiger charge is 2.24. The molecule has 1 atom stereocenters. The Hall–Kier alpha value is -1.36. The highest BCUT2D eigenvalue weighted by atomic mass is 16.5. The minimum Gasteiger partial charge on any atom is -0.369 e. The Morgan fingerprint density at radius 1 is 1.47 bits per heavy atom. The summed E-state index contributed by atoms with van der Waals surface area (Å²) in [4.78, 5) is 13.9. The molecule has 1 aromatic rings. The van der Waals surface area contributed by atoms with E-state index in [9.17, 15) is 4.79 Å². The Labute approximate surface area is 114 Å². The van der Waals surface area contributed by atoms with Crippen molar-refractivity contribution in [2.75, 3.05) is 19.7 Å². The molecule has 0 radical (unpaired) electrons. The lowest BCUT2D eigenvalue weighted by molar-refractivity contribution is -0.139. The van der Waals surface area contributed by atoms with Crippen molar-refractivity contribution in [3.63, 3.8) is 0 Å². The van der Waals surface area contributed by atoms with Crippen LogP contribution < -0.4 is 0 Å². The first-order valence-corrected chi connectivity index (χ1v) is 7.09. The molecule has 1 aliphatic rings. The van der Waals surface area contributed by atoms with E-state index in [0.29, 0.717) is 6.04 Å². The molecule has 5 heteroatoms. The van der Waals surface area contributed by atoms with Gasteiger partial charge in [0.1, 0.15) is 6.61 Å². The van der Waals surface area contributed by atoms with Crippen LogP contribution in [0.5, 0.6) is 0 Å². The SMILES string of the molecule is CC[C@H](C)OCC(=O)N1CCC(n2cccn2)CC1. The van der Waals surface area contributed by atoms with Gasteiger partial charge in [-0.15, -0.1) is 0 Å². The maximum Gasteiger partial charge on any atom is 0.248 e. The first kappa shape index (κ1) is 14.1. The number of hydrogen-bond acceptors (Lipinski definition) is 3. The summed E-state index contributed by atoms with van der Waals surface area (Å²) in [6.07, 6.45) is 6.83. The lowest BCUT2D eigenvalue weighted by Gasteiger charge is -2.32. The monoisotopic (exact) mass is 265 g/mol. The number of aromatic nitrogens is 2. The van der Waals surface area contributed by atoms with Gasteiger partial charge >= 0.3 is 0 Å². The summed E-state index contributed by atoms with van der Waals surface area (Å²) in [6, 6.07) is 2.37. The van der Waals surface area contributed by atoms with Crippen LogP contribution in [0.15, 0.2) is 18.5 Å². The molecular weight excluding hydrogens is 242 g/mol. The van der Waals surface area contributed by atoms with E-state index in [0.717, 1.165) is 32.4 Å². The van der Waals surface area contributed by atoms with Crippen LogP contribution in [-0.4, -0.2) is 46.4 Å². The van der Waals surface area contributed by atoms with E-state index in [1.165, 1.54) is 0 Å². The molecule has 0 bridgehead atoms. The van der Waals surface area contributed by atoms with E-state index in [4.69, 9.17) is 4.74 Å². The predicted octanol–water partition coefficient (Wildman–Crippen LogP) is 1.86. The molecule has 1 aromatic heterocycles. The summed E-state index contributed by atoms with van der Waals surface area (Å²) in [5, 5.41) is 4.27. The fourth-order valence-corrected chi connectivity index (χ4v) is 2.30. The predicted molar refractivity (Wildman–Crippen MR) is 72.8 cm³/mol. The van der Waals surface area contributed by atoms with Crippen LogP contribution in [0.1, 0.15) is 39.2 Å². The van der Waals surface area contributed by atoms with Gasteiger partial charge < -0.3 is 9.64 Å². The number of carbonyl (C=O) groups excluding carboxylic acids is 1. The number of amides is 1. The largest absolute Gasteiger partial charge is 0.369 e. The number of nitrogens with zero attached hydrogens (tertiary/aromatic N) is 3. The van der Waals surface area contributed by atoms with Gasteiger partial charge in [0.25, 0.3) is 0 Å². The second kappa shape index (κ2) is 6.70. The van der Waals surface area contributed by atoms with Crippen LogP contribution in [0.2, 0.25) is 0 Å². The van der Waals surface area contributed by atoms with Crippen molar-refractivity contribution >= 4 is 5.91 Å². The van der Waals surface area contributed by atoms with Crippen molar-refractivity contribution in [3.8, 4) is 0 Å². The number of hydrogen-bond donors (Lipinski definition) is 0. The molecule has 0 aromatic carbocycles. The van der Waals surface area contributed by atoms with Crippen molar-refractivity contribution in [1.29, 1.82) is 0 Å². The maximum absolute atomic E-state index is 12.0. The molecule has 0 unspecified atom stereocenters. The zero-order valence-electron chi connectivity index (χ0n) is 11.8. The lowest BCUT2D eigenvalue weighted by atomic mass is 10.1. The van der Waals surface area contributed by atoms with Crippen LogP contribution >= 0.6 is 0 Å². The second-order valence-electron chi connectivity index (χ2n) is 5.13. The van der Waals surface area contributed by atoms with Gasteiger partial charge in [-0.1, -0.05) is 6.92 Å². The number of piperidine rings is 1. The quantitative estimate of drug-likeness (QED) is 0.816. The summed E-state index contributed by atoms with van der Waals surface area (Å²) in [6.45, 7) is 5.86. The van der Waals surface area contributed by atoms with Crippen molar-refractivity contribution < 1.29 is 9.53 Å². The summed E-state index contributed by atoms with van der Waals surface area (Å²) in [7, 11) is 0. The Bertz CT molecular complexity index is 383. The molecule has 0 spiro atoms. The van der Waals surface area contributed by atoms with Gasteiger partial charge in [0.05, 0.1) is 12.1 Å². The zero-order chi connectivity index (χ0) is 13.7. The molecular formula is C14H23N3O2. The molecule has 1 saturated heterocycles. The highest BCUT2D eigenvalue weighted by molar-refractivity contribution is 5.77. The fourth-order valence-electron chi connectivity index (χ4n) is 2.30. The van der Waals surface area contributed by atoms with Gasteiger partial charge in [-0.05, 0) is 32.3 Å². The van der Waals surface area contributed by atoms with Crippen molar-refractivity contribution in [3.05, 3.63) is 18.5 Å². The van der Waals surface area contributed by atoms with Gasteiger partial charge in [0.15, 0.2) is 0 Å². The molecule has 1 amide bonds. The Kier molecular flexibility index (Phi) is 4.96. The van der Waals surface area contributed by atoms with Crippen LogP contribution in [0.25, 0.3) is 0 Å². The molecule has 0 N–H and O–H groups in total. The van der Waals surface area contributed by atoms with Gasteiger partial charge in [-0.2, -0.15) is 5.10 Å². The second-order valence-corrected chi connectivity index (χ2v) is 5.13. The maximum atomic E-state index is 12.0. The van der Waals surface area contributed by atoms with Crippen molar-refractivity contribution in [1.82, 2.24) is 14.7 Å². The summed E-state index contributed by atoms with van der Waals surface area (Å²) >= 11 is 0. The standard InChI is InChI=1S/C14H23N3O2/c1-3-12(2)19-11-14(18)16-9-5-13(6-10-16)17-8-4-7-15-17/h4,7-8,12-13H,3,5-6,9-11H2,1-2H3/t12-/m0/s1. The molecule has 2 heterocycles. The van der Waals surface area contributed by atoms with Gasteiger partial charge in [-0.25, -0.2) is 0 Å². The molecule has 5 nitrogen and oxygen atoms in total. The average Bonchev–Trinajstić information content (AvgIpc) is 2.98. The Morgan fingerprint density at radius 3 is 2.79 bits per heavy atom. The third-order valence-electron chi connectivity index (χ3n) is 3.78. The number of ether oxygens (including phenoxy) is 1. The molecule has 1 fully saturated rings. The number of carbonyl (C=O) groups is 1.